The van der Waals surface area contributed by atoms with Crippen LogP contribution in [-0.2, 0) is 14.3 Å². The van der Waals surface area contributed by atoms with Gasteiger partial charge in [-0.05, 0) is 37.6 Å². The van der Waals surface area contributed by atoms with Crippen molar-refractivity contribution in [2.24, 2.45) is 0 Å². The van der Waals surface area contributed by atoms with Crippen molar-refractivity contribution in [1.82, 2.24) is 10.6 Å². The van der Waals surface area contributed by atoms with E-state index in [0.717, 1.165) is 5.56 Å². The summed E-state index contributed by atoms with van der Waals surface area (Å²) in [7, 11) is 0. The fraction of sp³-hybridized carbons (Fsp3) is 0.312. The van der Waals surface area contributed by atoms with Gasteiger partial charge in [-0.15, -0.1) is 0 Å². The molecule has 1 aliphatic rings. The second kappa shape index (κ2) is 8.00. The number of ether oxygens (including phenoxy) is 3. The molecular formula is C16H18N2O6. The zero-order valence-electron chi connectivity index (χ0n) is 13.3. The average Bonchev–Trinajstić information content (AvgIpc) is 3.00. The molecule has 0 spiro atoms. The van der Waals surface area contributed by atoms with E-state index in [0.29, 0.717) is 18.0 Å². The number of hydrogen-bond donors (Lipinski definition) is 2. The highest BCUT2D eigenvalue weighted by Crippen LogP contribution is 2.32. The lowest BCUT2D eigenvalue weighted by atomic mass is 10.2. The van der Waals surface area contributed by atoms with Crippen molar-refractivity contribution >= 4 is 24.0 Å². The summed E-state index contributed by atoms with van der Waals surface area (Å²) in [6, 6.07) is 4.57. The quantitative estimate of drug-likeness (QED) is 0.620. The van der Waals surface area contributed by atoms with Gasteiger partial charge >= 0.3 is 12.0 Å². The molecule has 0 saturated heterocycles. The summed E-state index contributed by atoms with van der Waals surface area (Å²) in [5, 5.41) is 4.47. The number of benzene rings is 1. The Labute approximate surface area is 138 Å². The van der Waals surface area contributed by atoms with E-state index in [4.69, 9.17) is 14.2 Å². The van der Waals surface area contributed by atoms with Crippen molar-refractivity contribution in [3.63, 3.8) is 0 Å². The minimum Gasteiger partial charge on any atom is -0.454 e. The third-order valence-corrected chi connectivity index (χ3v) is 3.04. The molecule has 2 rings (SSSR count). The number of hydrogen-bond acceptors (Lipinski definition) is 6. The van der Waals surface area contributed by atoms with Crippen molar-refractivity contribution in [2.75, 3.05) is 13.3 Å². The highest BCUT2D eigenvalue weighted by Gasteiger charge is 2.18. The molecule has 2 N–H and O–H groups in total. The molecule has 1 unspecified atom stereocenters. The van der Waals surface area contributed by atoms with Gasteiger partial charge in [0.1, 0.15) is 0 Å². The molecule has 24 heavy (non-hydrogen) atoms. The predicted molar refractivity (Wildman–Crippen MR) is 84.4 cm³/mol. The van der Waals surface area contributed by atoms with Crippen molar-refractivity contribution in [3.8, 4) is 11.5 Å². The first-order valence-electron chi connectivity index (χ1n) is 7.36. The molecule has 1 heterocycles. The van der Waals surface area contributed by atoms with Gasteiger partial charge in [0.15, 0.2) is 17.6 Å². The van der Waals surface area contributed by atoms with E-state index >= 15 is 0 Å². The molecule has 0 aliphatic carbocycles. The van der Waals surface area contributed by atoms with Gasteiger partial charge < -0.3 is 19.5 Å². The lowest BCUT2D eigenvalue weighted by Crippen LogP contribution is -2.44. The lowest BCUT2D eigenvalue weighted by Gasteiger charge is -2.11. The van der Waals surface area contributed by atoms with E-state index in [2.05, 4.69) is 10.6 Å². The Bertz CT molecular complexity index is 671. The van der Waals surface area contributed by atoms with Crippen LogP contribution in [0.15, 0.2) is 24.3 Å². The zero-order valence-corrected chi connectivity index (χ0v) is 13.3. The number of nitrogens with one attached hydrogen (secondary N) is 2. The number of urea groups is 1. The fourth-order valence-electron chi connectivity index (χ4n) is 1.87. The molecule has 0 radical (unpaired) electrons. The molecule has 8 heteroatoms. The molecule has 1 aromatic carbocycles. The van der Waals surface area contributed by atoms with E-state index in [9.17, 15) is 14.4 Å². The summed E-state index contributed by atoms with van der Waals surface area (Å²) in [6.07, 6.45) is 1.62. The van der Waals surface area contributed by atoms with Crippen molar-refractivity contribution in [3.05, 3.63) is 29.8 Å². The Morgan fingerprint density at radius 3 is 2.79 bits per heavy atom. The van der Waals surface area contributed by atoms with Crippen LogP contribution < -0.4 is 20.1 Å². The van der Waals surface area contributed by atoms with E-state index in [1.165, 1.54) is 19.1 Å². The van der Waals surface area contributed by atoms with Crippen LogP contribution in [0.2, 0.25) is 0 Å². The second-order valence-corrected chi connectivity index (χ2v) is 4.87. The van der Waals surface area contributed by atoms with E-state index < -0.39 is 24.0 Å². The molecule has 1 aliphatic heterocycles. The normalized spacial score (nSPS) is 13.4. The molecule has 1 atom stereocenters. The van der Waals surface area contributed by atoms with Crippen LogP contribution >= 0.6 is 0 Å². The number of carbonyl (C=O) groups excluding carboxylic acids is 3. The summed E-state index contributed by atoms with van der Waals surface area (Å²) >= 11 is 0. The predicted octanol–water partition coefficient (Wildman–Crippen LogP) is 1.21. The molecule has 3 amide bonds. The Morgan fingerprint density at radius 2 is 2.04 bits per heavy atom. The molecule has 0 bridgehead atoms. The van der Waals surface area contributed by atoms with Gasteiger partial charge in [0, 0.05) is 12.6 Å². The van der Waals surface area contributed by atoms with Gasteiger partial charge in [0.2, 0.25) is 6.79 Å². The maximum atomic E-state index is 11.7. The summed E-state index contributed by atoms with van der Waals surface area (Å²) in [6.45, 7) is 3.64. The number of imide groups is 1. The van der Waals surface area contributed by atoms with Crippen LogP contribution in [0.4, 0.5) is 4.79 Å². The molecule has 128 valence electrons. The molecule has 0 fully saturated rings. The van der Waals surface area contributed by atoms with Crippen molar-refractivity contribution in [1.29, 1.82) is 0 Å². The minimum absolute atomic E-state index is 0.169. The maximum absolute atomic E-state index is 11.7. The first-order chi connectivity index (χ1) is 11.5. The van der Waals surface area contributed by atoms with Crippen LogP contribution in [0.25, 0.3) is 6.08 Å². The summed E-state index contributed by atoms with van der Waals surface area (Å²) in [4.78, 5) is 34.6. The Morgan fingerprint density at radius 1 is 1.29 bits per heavy atom. The third kappa shape index (κ3) is 4.73. The number of rotatable bonds is 5. The van der Waals surface area contributed by atoms with Gasteiger partial charge in [-0.1, -0.05) is 6.07 Å². The monoisotopic (exact) mass is 334 g/mol. The molecule has 8 nitrogen and oxygen atoms in total. The average molecular weight is 334 g/mol. The van der Waals surface area contributed by atoms with Crippen molar-refractivity contribution in [2.45, 2.75) is 20.0 Å². The lowest BCUT2D eigenvalue weighted by molar-refractivity contribution is -0.149. The van der Waals surface area contributed by atoms with Crippen molar-refractivity contribution < 1.29 is 28.6 Å². The number of amides is 3. The molecule has 0 saturated carbocycles. The van der Waals surface area contributed by atoms with Crippen LogP contribution in [0.1, 0.15) is 19.4 Å². The highest BCUT2D eigenvalue weighted by atomic mass is 16.7. The van der Waals surface area contributed by atoms with E-state index in [1.54, 1.807) is 25.1 Å². The topological polar surface area (TPSA) is 103 Å². The van der Waals surface area contributed by atoms with Gasteiger partial charge in [0.25, 0.3) is 5.91 Å². The fourth-order valence-corrected chi connectivity index (χ4v) is 1.87. The Kier molecular flexibility index (Phi) is 5.78. The first-order valence-corrected chi connectivity index (χ1v) is 7.36. The number of carbonyl (C=O) groups is 3. The highest BCUT2D eigenvalue weighted by molar-refractivity contribution is 5.98. The van der Waals surface area contributed by atoms with Gasteiger partial charge in [-0.2, -0.15) is 0 Å². The molecule has 1 aromatic rings. The Hall–Kier alpha value is -3.03. The summed E-state index contributed by atoms with van der Waals surface area (Å²) in [5.74, 6) is -0.164. The van der Waals surface area contributed by atoms with Crippen LogP contribution in [0.3, 0.4) is 0 Å². The first kappa shape index (κ1) is 17.3. The number of fused-ring (bicyclic) bond motifs is 1. The largest absolute Gasteiger partial charge is 0.454 e. The minimum atomic E-state index is -1.10. The van der Waals surface area contributed by atoms with E-state index in [1.807, 2.05) is 0 Å². The number of esters is 1. The maximum Gasteiger partial charge on any atom is 0.331 e. The van der Waals surface area contributed by atoms with Gasteiger partial charge in [-0.25, -0.2) is 9.59 Å². The third-order valence-electron chi connectivity index (χ3n) is 3.04. The van der Waals surface area contributed by atoms with Crippen LogP contribution in [0.5, 0.6) is 11.5 Å². The Balaban J connectivity index is 1.85. The standard InChI is InChI=1S/C16H18N2O6/c1-3-17-16(21)18-15(20)10(2)24-14(19)7-5-11-4-6-12-13(8-11)23-9-22-12/h4-8,10H,3,9H2,1-2H3,(H2,17,18,20,21). The summed E-state index contributed by atoms with van der Waals surface area (Å²) in [5.41, 5.74) is 0.718. The van der Waals surface area contributed by atoms with Crippen LogP contribution in [-0.4, -0.2) is 37.3 Å². The molecular weight excluding hydrogens is 316 g/mol. The van der Waals surface area contributed by atoms with Crippen LogP contribution in [0, 0.1) is 0 Å². The SMILES string of the molecule is CCNC(=O)NC(=O)C(C)OC(=O)C=Cc1ccc2c(c1)OCO2. The van der Waals surface area contributed by atoms with Gasteiger partial charge in [-0.3, -0.25) is 10.1 Å². The second-order valence-electron chi connectivity index (χ2n) is 4.87. The smallest absolute Gasteiger partial charge is 0.331 e. The van der Waals surface area contributed by atoms with E-state index in [-0.39, 0.29) is 6.79 Å². The van der Waals surface area contributed by atoms with Gasteiger partial charge in [0.05, 0.1) is 0 Å². The molecule has 0 aromatic heterocycles. The summed E-state index contributed by atoms with van der Waals surface area (Å²) < 4.78 is 15.4. The zero-order chi connectivity index (χ0) is 17.5.